The first-order valence-electron chi connectivity index (χ1n) is 6.73. The van der Waals surface area contributed by atoms with Gasteiger partial charge in [-0.2, -0.15) is 0 Å². The third-order valence-electron chi connectivity index (χ3n) is 3.53. The van der Waals surface area contributed by atoms with Crippen LogP contribution in [0.5, 0.6) is 0 Å². The molecule has 0 aromatic heterocycles. The van der Waals surface area contributed by atoms with Crippen LogP contribution in [0.2, 0.25) is 0 Å². The minimum Gasteiger partial charge on any atom is -0.393 e. The first-order valence-corrected chi connectivity index (χ1v) is 6.73. The molecule has 1 aliphatic rings. The number of β-amino-alcohol motifs (C(OH)–C–C–N with tert-alkyl or cyclic N) is 1. The highest BCUT2D eigenvalue weighted by Gasteiger charge is 2.23. The van der Waals surface area contributed by atoms with Crippen molar-refractivity contribution in [2.75, 3.05) is 13.1 Å². The van der Waals surface area contributed by atoms with Gasteiger partial charge < -0.3 is 10.2 Å². The first kappa shape index (κ1) is 13.9. The van der Waals surface area contributed by atoms with Gasteiger partial charge in [0.25, 0.3) is 0 Å². The Labute approximate surface area is 99.5 Å². The second-order valence-electron chi connectivity index (χ2n) is 5.14. The topological polar surface area (TPSA) is 43.7 Å². The molecular formula is C13H27NO2. The molecule has 96 valence electrons. The standard InChI is InChI=1S/C13H27NO2/c1-3-13(16)10-14-8-6-4-5-7-12(14)9-11(2)15/h11-13,15-16H,3-10H2,1-2H3. The fourth-order valence-corrected chi connectivity index (χ4v) is 2.54. The Kier molecular flexibility index (Phi) is 6.32. The van der Waals surface area contributed by atoms with Gasteiger partial charge in [0.05, 0.1) is 12.2 Å². The first-order chi connectivity index (χ1) is 7.63. The monoisotopic (exact) mass is 229 g/mol. The molecule has 1 aliphatic heterocycles. The zero-order valence-corrected chi connectivity index (χ0v) is 10.7. The van der Waals surface area contributed by atoms with E-state index in [1.54, 1.807) is 0 Å². The van der Waals surface area contributed by atoms with Crippen molar-refractivity contribution in [3.63, 3.8) is 0 Å². The minimum atomic E-state index is -0.232. The van der Waals surface area contributed by atoms with Crippen LogP contribution in [0.4, 0.5) is 0 Å². The zero-order chi connectivity index (χ0) is 12.0. The lowest BCUT2D eigenvalue weighted by Crippen LogP contribution is -2.41. The molecule has 1 fully saturated rings. The number of rotatable bonds is 5. The third-order valence-corrected chi connectivity index (χ3v) is 3.53. The maximum absolute atomic E-state index is 9.75. The molecule has 0 saturated carbocycles. The summed E-state index contributed by atoms with van der Waals surface area (Å²) in [6.45, 7) is 5.73. The van der Waals surface area contributed by atoms with Crippen LogP contribution in [0.15, 0.2) is 0 Å². The van der Waals surface area contributed by atoms with Gasteiger partial charge in [-0.1, -0.05) is 19.8 Å². The lowest BCUT2D eigenvalue weighted by molar-refractivity contribution is 0.0625. The molecule has 3 heteroatoms. The summed E-state index contributed by atoms with van der Waals surface area (Å²) >= 11 is 0. The maximum atomic E-state index is 9.75. The number of likely N-dealkylation sites (tertiary alicyclic amines) is 1. The van der Waals surface area contributed by atoms with Crippen molar-refractivity contribution in [1.82, 2.24) is 4.90 Å². The van der Waals surface area contributed by atoms with Gasteiger partial charge >= 0.3 is 0 Å². The number of hydrogen-bond donors (Lipinski definition) is 2. The van der Waals surface area contributed by atoms with Crippen molar-refractivity contribution in [3.05, 3.63) is 0 Å². The van der Waals surface area contributed by atoms with E-state index in [0.29, 0.717) is 6.04 Å². The molecule has 3 atom stereocenters. The van der Waals surface area contributed by atoms with Crippen LogP contribution in [-0.4, -0.2) is 46.5 Å². The van der Waals surface area contributed by atoms with Gasteiger partial charge in [-0.25, -0.2) is 0 Å². The molecule has 1 heterocycles. The van der Waals surface area contributed by atoms with Crippen LogP contribution in [0.1, 0.15) is 52.4 Å². The average molecular weight is 229 g/mol. The summed E-state index contributed by atoms with van der Waals surface area (Å²) in [5.74, 6) is 0. The predicted molar refractivity (Wildman–Crippen MR) is 66.4 cm³/mol. The van der Waals surface area contributed by atoms with E-state index >= 15 is 0 Å². The lowest BCUT2D eigenvalue weighted by Gasteiger charge is -2.32. The smallest absolute Gasteiger partial charge is 0.0664 e. The van der Waals surface area contributed by atoms with Gasteiger partial charge in [-0.05, 0) is 39.2 Å². The Morgan fingerprint density at radius 1 is 1.25 bits per heavy atom. The average Bonchev–Trinajstić information content (AvgIpc) is 2.44. The Morgan fingerprint density at radius 3 is 2.62 bits per heavy atom. The van der Waals surface area contributed by atoms with E-state index in [1.807, 2.05) is 13.8 Å². The Bertz CT molecular complexity index is 185. The second-order valence-corrected chi connectivity index (χ2v) is 5.14. The van der Waals surface area contributed by atoms with Crippen molar-refractivity contribution < 1.29 is 10.2 Å². The van der Waals surface area contributed by atoms with Crippen LogP contribution in [0.3, 0.4) is 0 Å². The van der Waals surface area contributed by atoms with Crippen molar-refractivity contribution in [2.24, 2.45) is 0 Å². The number of aliphatic hydroxyl groups excluding tert-OH is 2. The summed E-state index contributed by atoms with van der Waals surface area (Å²) in [6, 6.07) is 0.462. The SMILES string of the molecule is CCC(O)CN1CCCCCC1CC(C)O. The second kappa shape index (κ2) is 7.25. The molecular weight excluding hydrogens is 202 g/mol. The fourth-order valence-electron chi connectivity index (χ4n) is 2.54. The molecule has 1 rings (SSSR count). The molecule has 1 saturated heterocycles. The highest BCUT2D eigenvalue weighted by atomic mass is 16.3. The molecule has 0 aliphatic carbocycles. The van der Waals surface area contributed by atoms with Crippen molar-refractivity contribution >= 4 is 0 Å². The van der Waals surface area contributed by atoms with Gasteiger partial charge in [0.1, 0.15) is 0 Å². The molecule has 0 spiro atoms. The fraction of sp³-hybridized carbons (Fsp3) is 1.00. The minimum absolute atomic E-state index is 0.213. The Hall–Kier alpha value is -0.120. The molecule has 16 heavy (non-hydrogen) atoms. The number of aliphatic hydroxyl groups is 2. The molecule has 0 aromatic rings. The van der Waals surface area contributed by atoms with E-state index in [2.05, 4.69) is 4.90 Å². The molecule has 2 N–H and O–H groups in total. The normalized spacial score (nSPS) is 27.4. The maximum Gasteiger partial charge on any atom is 0.0664 e. The van der Waals surface area contributed by atoms with Crippen LogP contribution in [0.25, 0.3) is 0 Å². The molecule has 0 amide bonds. The third kappa shape index (κ3) is 4.81. The molecule has 0 bridgehead atoms. The van der Waals surface area contributed by atoms with Crippen molar-refractivity contribution in [1.29, 1.82) is 0 Å². The quantitative estimate of drug-likeness (QED) is 0.755. The zero-order valence-electron chi connectivity index (χ0n) is 10.7. The van der Waals surface area contributed by atoms with E-state index in [-0.39, 0.29) is 12.2 Å². The van der Waals surface area contributed by atoms with Gasteiger partial charge in [-0.15, -0.1) is 0 Å². The molecule has 0 radical (unpaired) electrons. The highest BCUT2D eigenvalue weighted by molar-refractivity contribution is 4.78. The van der Waals surface area contributed by atoms with E-state index in [0.717, 1.165) is 25.9 Å². The van der Waals surface area contributed by atoms with E-state index in [4.69, 9.17) is 0 Å². The molecule has 0 aromatic carbocycles. The van der Waals surface area contributed by atoms with Crippen LogP contribution < -0.4 is 0 Å². The Balaban J connectivity index is 2.51. The van der Waals surface area contributed by atoms with Gasteiger partial charge in [-0.3, -0.25) is 4.90 Å². The predicted octanol–water partition coefficient (Wildman–Crippen LogP) is 1.77. The van der Waals surface area contributed by atoms with E-state index < -0.39 is 0 Å². The Morgan fingerprint density at radius 2 is 2.00 bits per heavy atom. The lowest BCUT2D eigenvalue weighted by atomic mass is 10.0. The van der Waals surface area contributed by atoms with Crippen molar-refractivity contribution in [2.45, 2.75) is 70.6 Å². The van der Waals surface area contributed by atoms with Crippen LogP contribution in [0, 0.1) is 0 Å². The van der Waals surface area contributed by atoms with Gasteiger partial charge in [0.2, 0.25) is 0 Å². The van der Waals surface area contributed by atoms with Gasteiger partial charge in [0, 0.05) is 12.6 Å². The molecule has 3 unspecified atom stereocenters. The van der Waals surface area contributed by atoms with Crippen LogP contribution >= 0.6 is 0 Å². The summed E-state index contributed by atoms with van der Waals surface area (Å²) in [5.41, 5.74) is 0. The summed E-state index contributed by atoms with van der Waals surface area (Å²) in [7, 11) is 0. The number of hydrogen-bond acceptors (Lipinski definition) is 3. The van der Waals surface area contributed by atoms with Crippen molar-refractivity contribution in [3.8, 4) is 0 Å². The summed E-state index contributed by atoms with van der Waals surface area (Å²) in [6.07, 6.45) is 6.16. The summed E-state index contributed by atoms with van der Waals surface area (Å²) in [4.78, 5) is 2.38. The largest absolute Gasteiger partial charge is 0.393 e. The number of nitrogens with zero attached hydrogens (tertiary/aromatic N) is 1. The summed E-state index contributed by atoms with van der Waals surface area (Å²) < 4.78 is 0. The summed E-state index contributed by atoms with van der Waals surface area (Å²) in [5, 5.41) is 19.3. The highest BCUT2D eigenvalue weighted by Crippen LogP contribution is 2.21. The van der Waals surface area contributed by atoms with Crippen LogP contribution in [-0.2, 0) is 0 Å². The van der Waals surface area contributed by atoms with Gasteiger partial charge in [0.15, 0.2) is 0 Å². The molecule has 3 nitrogen and oxygen atoms in total. The van der Waals surface area contributed by atoms with E-state index in [1.165, 1.54) is 25.7 Å². The van der Waals surface area contributed by atoms with E-state index in [9.17, 15) is 10.2 Å².